The van der Waals surface area contributed by atoms with Crippen LogP contribution in [0.4, 0.5) is 14.7 Å². The molecule has 0 spiro atoms. The first-order chi connectivity index (χ1) is 16.7. The van der Waals surface area contributed by atoms with Crippen molar-refractivity contribution in [3.63, 3.8) is 0 Å². The molecule has 0 radical (unpaired) electrons. The fraction of sp³-hybridized carbons (Fsp3) is 0.409. The van der Waals surface area contributed by atoms with E-state index in [4.69, 9.17) is 5.26 Å². The zero-order valence-corrected chi connectivity index (χ0v) is 18.7. The van der Waals surface area contributed by atoms with Gasteiger partial charge in [-0.15, -0.1) is 0 Å². The molecule has 5 heterocycles. The number of likely N-dealkylation sites (tertiary alicyclic amines) is 1. The molecule has 0 atom stereocenters. The number of alkyl halides is 2. The molecule has 2 saturated heterocycles. The molecular formula is C22H20F2N8O3. The Kier molecular flexibility index (Phi) is 5.31. The predicted octanol–water partition coefficient (Wildman–Crippen LogP) is 0.689. The summed E-state index contributed by atoms with van der Waals surface area (Å²) in [7, 11) is 1.41. The number of halogens is 2. The molecule has 5 rings (SSSR count). The van der Waals surface area contributed by atoms with Crippen LogP contribution >= 0.6 is 0 Å². The standard InChI is InChI=1S/C22H20F2N8O3/c1-29-16-6-14(18(33)31-11-22(23,24)12-31)10-26-17(16)32(20(35)19(29)34)15-2-4-30(5-3-15)21-27-8-13(7-25)9-28-21/h6,8-10,15H,2-5,11-12H2,1H3. The van der Waals surface area contributed by atoms with E-state index in [0.29, 0.717) is 37.4 Å². The lowest BCUT2D eigenvalue weighted by atomic mass is 10.0. The minimum Gasteiger partial charge on any atom is -0.341 e. The van der Waals surface area contributed by atoms with Gasteiger partial charge in [0.2, 0.25) is 5.95 Å². The van der Waals surface area contributed by atoms with Gasteiger partial charge >= 0.3 is 11.1 Å². The number of nitrogens with zero attached hydrogens (tertiary/aromatic N) is 8. The number of rotatable bonds is 3. The monoisotopic (exact) mass is 482 g/mol. The number of fused-ring (bicyclic) bond motifs is 1. The summed E-state index contributed by atoms with van der Waals surface area (Å²) >= 11 is 0. The second kappa shape index (κ2) is 8.23. The summed E-state index contributed by atoms with van der Waals surface area (Å²) < 4.78 is 28.9. The van der Waals surface area contributed by atoms with Crippen molar-refractivity contribution in [1.82, 2.24) is 29.0 Å². The number of amides is 1. The molecule has 0 N–H and O–H groups in total. The largest absolute Gasteiger partial charge is 0.341 e. The Bertz CT molecular complexity index is 1480. The lowest BCUT2D eigenvalue weighted by Gasteiger charge is -2.38. The van der Waals surface area contributed by atoms with Gasteiger partial charge in [0, 0.05) is 32.4 Å². The highest BCUT2D eigenvalue weighted by atomic mass is 19.3. The third-order valence-corrected chi connectivity index (χ3v) is 6.40. The third-order valence-electron chi connectivity index (χ3n) is 6.40. The van der Waals surface area contributed by atoms with Crippen molar-refractivity contribution in [3.8, 4) is 6.07 Å². The van der Waals surface area contributed by atoms with Crippen LogP contribution in [0.15, 0.2) is 34.2 Å². The number of nitriles is 1. The number of pyridine rings is 1. The average molecular weight is 482 g/mol. The van der Waals surface area contributed by atoms with Crippen molar-refractivity contribution >= 4 is 23.0 Å². The van der Waals surface area contributed by atoms with Gasteiger partial charge in [0.05, 0.1) is 42.1 Å². The third kappa shape index (κ3) is 3.90. The number of aryl methyl sites for hydroxylation is 1. The summed E-state index contributed by atoms with van der Waals surface area (Å²) in [5.41, 5.74) is -0.546. The molecule has 13 heteroatoms. The number of aromatic nitrogens is 5. The number of carbonyl (C=O) groups is 1. The Balaban J connectivity index is 1.44. The van der Waals surface area contributed by atoms with Crippen LogP contribution in [-0.2, 0) is 7.05 Å². The van der Waals surface area contributed by atoms with E-state index in [1.54, 1.807) is 0 Å². The highest BCUT2D eigenvalue weighted by Gasteiger charge is 2.46. The van der Waals surface area contributed by atoms with E-state index in [-0.39, 0.29) is 22.8 Å². The Morgan fingerprint density at radius 3 is 2.34 bits per heavy atom. The Hall–Kier alpha value is -4.21. The van der Waals surface area contributed by atoms with Crippen LogP contribution in [0.3, 0.4) is 0 Å². The van der Waals surface area contributed by atoms with Crippen LogP contribution in [0.1, 0.15) is 34.8 Å². The Morgan fingerprint density at radius 1 is 1.09 bits per heavy atom. The number of hydrogen-bond donors (Lipinski definition) is 0. The molecule has 11 nitrogen and oxygen atoms in total. The first-order valence-electron chi connectivity index (χ1n) is 10.9. The van der Waals surface area contributed by atoms with Crippen LogP contribution in [0.2, 0.25) is 0 Å². The summed E-state index contributed by atoms with van der Waals surface area (Å²) in [5, 5.41) is 8.90. The van der Waals surface area contributed by atoms with E-state index in [1.165, 1.54) is 36.3 Å². The summed E-state index contributed by atoms with van der Waals surface area (Å²) in [6, 6.07) is 3.06. The Labute approximate surface area is 196 Å². The minimum absolute atomic E-state index is 0.0704. The topological polar surface area (TPSA) is 130 Å². The van der Waals surface area contributed by atoms with Crippen LogP contribution in [0.25, 0.3) is 11.2 Å². The minimum atomic E-state index is -2.90. The van der Waals surface area contributed by atoms with Crippen LogP contribution in [0.5, 0.6) is 0 Å². The van der Waals surface area contributed by atoms with Gasteiger partial charge in [-0.3, -0.25) is 19.0 Å². The average Bonchev–Trinajstić information content (AvgIpc) is 2.86. The zero-order chi connectivity index (χ0) is 24.9. The molecule has 0 aliphatic carbocycles. The summed E-state index contributed by atoms with van der Waals surface area (Å²) in [6.07, 6.45) is 5.16. The van der Waals surface area contributed by atoms with Crippen molar-refractivity contribution in [1.29, 1.82) is 5.26 Å². The highest BCUT2D eigenvalue weighted by Crippen LogP contribution is 2.29. The fourth-order valence-corrected chi connectivity index (χ4v) is 4.49. The molecule has 0 unspecified atom stereocenters. The van der Waals surface area contributed by atoms with Gasteiger partial charge in [-0.1, -0.05) is 0 Å². The lowest BCUT2D eigenvalue weighted by Crippen LogP contribution is -2.58. The number of anilines is 1. The number of carbonyl (C=O) groups excluding carboxylic acids is 1. The van der Waals surface area contributed by atoms with E-state index in [9.17, 15) is 23.2 Å². The van der Waals surface area contributed by atoms with Gasteiger partial charge in [0.1, 0.15) is 6.07 Å². The SMILES string of the molecule is Cn1c(=O)c(=O)n(C2CCN(c3ncc(C#N)cn3)CC2)c2ncc(C(=O)N3CC(F)(F)C3)cc21. The predicted molar refractivity (Wildman–Crippen MR) is 119 cm³/mol. The fourth-order valence-electron chi connectivity index (χ4n) is 4.49. The van der Waals surface area contributed by atoms with E-state index in [1.807, 2.05) is 11.0 Å². The molecule has 0 aromatic carbocycles. The van der Waals surface area contributed by atoms with Crippen LogP contribution < -0.4 is 16.0 Å². The highest BCUT2D eigenvalue weighted by molar-refractivity contribution is 5.97. The maximum atomic E-state index is 13.2. The van der Waals surface area contributed by atoms with Gasteiger partial charge in [-0.05, 0) is 18.9 Å². The second-order valence-corrected chi connectivity index (χ2v) is 8.72. The Morgan fingerprint density at radius 2 is 1.74 bits per heavy atom. The van der Waals surface area contributed by atoms with Gasteiger partial charge < -0.3 is 14.4 Å². The molecule has 35 heavy (non-hydrogen) atoms. The van der Waals surface area contributed by atoms with Crippen molar-refractivity contribution in [3.05, 3.63) is 56.5 Å². The first kappa shape index (κ1) is 22.6. The normalized spacial score (nSPS) is 17.8. The van der Waals surface area contributed by atoms with E-state index in [0.717, 1.165) is 9.47 Å². The molecular weight excluding hydrogens is 462 g/mol. The van der Waals surface area contributed by atoms with Gasteiger partial charge in [-0.25, -0.2) is 23.7 Å². The maximum absolute atomic E-state index is 13.2. The van der Waals surface area contributed by atoms with Crippen molar-refractivity contribution in [2.24, 2.45) is 7.05 Å². The molecule has 3 aromatic rings. The number of hydrogen-bond acceptors (Lipinski definition) is 8. The first-order valence-corrected chi connectivity index (χ1v) is 10.9. The molecule has 0 saturated carbocycles. The smallest absolute Gasteiger partial charge is 0.318 e. The maximum Gasteiger partial charge on any atom is 0.318 e. The molecule has 1 amide bonds. The van der Waals surface area contributed by atoms with Gasteiger partial charge in [0.15, 0.2) is 5.65 Å². The second-order valence-electron chi connectivity index (χ2n) is 8.72. The van der Waals surface area contributed by atoms with Crippen molar-refractivity contribution in [2.45, 2.75) is 24.8 Å². The van der Waals surface area contributed by atoms with Gasteiger partial charge in [0.25, 0.3) is 11.8 Å². The quantitative estimate of drug-likeness (QED) is 0.499. The van der Waals surface area contributed by atoms with Gasteiger partial charge in [-0.2, -0.15) is 5.26 Å². The summed E-state index contributed by atoms with van der Waals surface area (Å²) in [5.74, 6) is -3.03. The molecule has 3 aromatic heterocycles. The van der Waals surface area contributed by atoms with Crippen LogP contribution in [-0.4, -0.2) is 67.0 Å². The van der Waals surface area contributed by atoms with E-state index >= 15 is 0 Å². The summed E-state index contributed by atoms with van der Waals surface area (Å²) in [6.45, 7) is -0.299. The molecule has 2 aliphatic rings. The lowest BCUT2D eigenvalue weighted by molar-refractivity contribution is -0.113. The van der Waals surface area contributed by atoms with Crippen LogP contribution in [0, 0.1) is 11.3 Å². The molecule has 2 aliphatic heterocycles. The summed E-state index contributed by atoms with van der Waals surface area (Å²) in [4.78, 5) is 53.9. The van der Waals surface area contributed by atoms with E-state index in [2.05, 4.69) is 15.0 Å². The number of piperidine rings is 1. The zero-order valence-electron chi connectivity index (χ0n) is 18.7. The molecule has 180 valence electrons. The van der Waals surface area contributed by atoms with Crippen molar-refractivity contribution < 1.29 is 13.6 Å². The van der Waals surface area contributed by atoms with E-state index < -0.39 is 36.0 Å². The molecule has 2 fully saturated rings. The molecule has 0 bridgehead atoms. The van der Waals surface area contributed by atoms with Crippen molar-refractivity contribution in [2.75, 3.05) is 31.1 Å².